The van der Waals surface area contributed by atoms with Crippen molar-refractivity contribution >= 4 is 29.2 Å². The van der Waals surface area contributed by atoms with E-state index in [1.165, 1.54) is 13.2 Å². The summed E-state index contributed by atoms with van der Waals surface area (Å²) >= 11 is 6.12. The van der Waals surface area contributed by atoms with Crippen molar-refractivity contribution in [1.82, 2.24) is 15.5 Å². The molecule has 11 heteroatoms. The van der Waals surface area contributed by atoms with Gasteiger partial charge in [0.1, 0.15) is 5.75 Å². The molecule has 0 bridgehead atoms. The molecule has 0 radical (unpaired) electrons. The van der Waals surface area contributed by atoms with Gasteiger partial charge in [0.05, 0.1) is 47.7 Å². The van der Waals surface area contributed by atoms with Gasteiger partial charge in [0.25, 0.3) is 5.91 Å². The molecule has 1 aliphatic heterocycles. The first-order valence-corrected chi connectivity index (χ1v) is 13.0. The van der Waals surface area contributed by atoms with Crippen LogP contribution in [0.3, 0.4) is 0 Å². The van der Waals surface area contributed by atoms with E-state index < -0.39 is 0 Å². The minimum absolute atomic E-state index is 0.00549. The normalized spacial score (nSPS) is 17.7. The zero-order valence-electron chi connectivity index (χ0n) is 21.9. The minimum atomic E-state index is -0.387. The number of benzene rings is 2. The van der Waals surface area contributed by atoms with E-state index in [9.17, 15) is 9.59 Å². The van der Waals surface area contributed by atoms with Gasteiger partial charge in [-0.3, -0.25) is 9.69 Å². The summed E-state index contributed by atoms with van der Waals surface area (Å²) in [6.45, 7) is 3.99. The lowest BCUT2D eigenvalue weighted by Crippen LogP contribution is -2.55. The maximum absolute atomic E-state index is 13.0. The topological polar surface area (TPSA) is 135 Å². The highest BCUT2D eigenvalue weighted by Crippen LogP contribution is 2.29. The number of nitrogen functional groups attached to an aromatic ring is 1. The van der Waals surface area contributed by atoms with Crippen molar-refractivity contribution in [2.24, 2.45) is 0 Å². The molecule has 1 aliphatic rings. The zero-order chi connectivity index (χ0) is 27.5. The summed E-state index contributed by atoms with van der Waals surface area (Å²) in [7, 11) is 3.13. The number of carbonyl (C=O) groups excluding carboxylic acids is 2. The fourth-order valence-corrected chi connectivity index (χ4v) is 4.45. The summed E-state index contributed by atoms with van der Waals surface area (Å²) in [4.78, 5) is 27.2. The van der Waals surface area contributed by atoms with Crippen LogP contribution in [0, 0.1) is 0 Å². The molecule has 2 atom stereocenters. The van der Waals surface area contributed by atoms with Crippen molar-refractivity contribution < 1.29 is 28.9 Å². The van der Waals surface area contributed by atoms with Crippen molar-refractivity contribution in [1.29, 1.82) is 0 Å². The third-order valence-electron chi connectivity index (χ3n) is 6.49. The summed E-state index contributed by atoms with van der Waals surface area (Å²) in [5.41, 5.74) is 8.07. The number of amides is 1. The summed E-state index contributed by atoms with van der Waals surface area (Å²) in [6.07, 6.45) is 1.01. The van der Waals surface area contributed by atoms with Crippen LogP contribution in [-0.4, -0.2) is 87.6 Å². The number of methoxy groups -OCH3 is 2. The molecule has 3 rings (SSSR count). The number of hydrogen-bond acceptors (Lipinski definition) is 9. The molecule has 1 amide bonds. The first kappa shape index (κ1) is 29.7. The van der Waals surface area contributed by atoms with Gasteiger partial charge in [-0.15, -0.1) is 0 Å². The van der Waals surface area contributed by atoms with Gasteiger partial charge >= 0.3 is 5.97 Å². The van der Waals surface area contributed by atoms with E-state index in [4.69, 9.17) is 36.7 Å². The van der Waals surface area contributed by atoms with Gasteiger partial charge in [0, 0.05) is 58.9 Å². The number of piperidine rings is 1. The van der Waals surface area contributed by atoms with Crippen molar-refractivity contribution in [3.63, 3.8) is 0 Å². The van der Waals surface area contributed by atoms with Gasteiger partial charge in [0.2, 0.25) is 0 Å². The van der Waals surface area contributed by atoms with Crippen LogP contribution >= 0.6 is 11.6 Å². The summed E-state index contributed by atoms with van der Waals surface area (Å²) < 4.78 is 16.1. The quantitative estimate of drug-likeness (QED) is 0.168. The van der Waals surface area contributed by atoms with Crippen LogP contribution in [0.2, 0.25) is 5.02 Å². The molecule has 38 heavy (non-hydrogen) atoms. The standard InChI is InChI=1S/C27H37ClN4O6/c1-36-24-15-22(29)21(28)14-20(24)26(34)31-23-8-10-32(17-25(23)37-2)11-9-30-16-18-4-6-19(7-5-18)27(35)38-13-3-12-33/h4-7,14-15,23,25,30,33H,3,8-13,16-17,29H2,1-2H3,(H,31,34). The summed E-state index contributed by atoms with van der Waals surface area (Å²) in [5, 5.41) is 15.6. The summed E-state index contributed by atoms with van der Waals surface area (Å²) in [6, 6.07) is 10.2. The van der Waals surface area contributed by atoms with Crippen molar-refractivity contribution in [2.75, 3.05) is 59.3 Å². The second-order valence-corrected chi connectivity index (χ2v) is 9.51. The first-order valence-electron chi connectivity index (χ1n) is 12.6. The van der Waals surface area contributed by atoms with E-state index in [0.717, 1.165) is 31.6 Å². The average molecular weight is 549 g/mol. The Morgan fingerprint density at radius 1 is 1.21 bits per heavy atom. The van der Waals surface area contributed by atoms with Gasteiger partial charge in [-0.05, 0) is 30.2 Å². The zero-order valence-corrected chi connectivity index (χ0v) is 22.6. The Kier molecular flexibility index (Phi) is 11.6. The fourth-order valence-electron chi connectivity index (χ4n) is 4.29. The van der Waals surface area contributed by atoms with Gasteiger partial charge in [-0.2, -0.15) is 0 Å². The molecular formula is C27H37ClN4O6. The number of likely N-dealkylation sites (tertiary alicyclic amines) is 1. The third kappa shape index (κ3) is 8.31. The number of aliphatic hydroxyl groups is 1. The molecule has 10 nitrogen and oxygen atoms in total. The molecular weight excluding hydrogens is 512 g/mol. The molecule has 1 saturated heterocycles. The molecule has 0 aliphatic carbocycles. The highest BCUT2D eigenvalue weighted by molar-refractivity contribution is 6.33. The monoisotopic (exact) mass is 548 g/mol. The molecule has 2 aromatic carbocycles. The lowest BCUT2D eigenvalue weighted by molar-refractivity contribution is 0.00677. The number of nitrogens with one attached hydrogen (secondary N) is 2. The number of carbonyl (C=O) groups is 2. The molecule has 2 aromatic rings. The van der Waals surface area contributed by atoms with E-state index >= 15 is 0 Å². The number of rotatable bonds is 13. The lowest BCUT2D eigenvalue weighted by atomic mass is 10.0. The fraction of sp³-hybridized carbons (Fsp3) is 0.481. The molecule has 5 N–H and O–H groups in total. The van der Waals surface area contributed by atoms with Crippen LogP contribution < -0.4 is 21.1 Å². The number of ether oxygens (including phenoxy) is 3. The smallest absolute Gasteiger partial charge is 0.338 e. The van der Waals surface area contributed by atoms with Gasteiger partial charge in [-0.25, -0.2) is 4.79 Å². The Labute approximate surface area is 228 Å². The van der Waals surface area contributed by atoms with Crippen LogP contribution in [0.15, 0.2) is 36.4 Å². The predicted octanol–water partition coefficient (Wildman–Crippen LogP) is 2.08. The number of nitrogens with two attached hydrogens (primary N) is 1. The lowest BCUT2D eigenvalue weighted by Gasteiger charge is -2.38. The molecule has 0 spiro atoms. The molecule has 0 saturated carbocycles. The highest BCUT2D eigenvalue weighted by atomic mass is 35.5. The van der Waals surface area contributed by atoms with Gasteiger partial charge in [0.15, 0.2) is 0 Å². The highest BCUT2D eigenvalue weighted by Gasteiger charge is 2.31. The molecule has 2 unspecified atom stereocenters. The summed E-state index contributed by atoms with van der Waals surface area (Å²) in [5.74, 6) is -0.300. The Balaban J connectivity index is 1.42. The van der Waals surface area contributed by atoms with Crippen LogP contribution in [0.25, 0.3) is 0 Å². The Hall–Kier alpha value is -2.89. The molecule has 0 aromatic heterocycles. The predicted molar refractivity (Wildman–Crippen MR) is 146 cm³/mol. The van der Waals surface area contributed by atoms with Crippen LogP contribution in [0.5, 0.6) is 5.75 Å². The second kappa shape index (κ2) is 14.9. The number of nitrogens with zero attached hydrogens (tertiary/aromatic N) is 1. The largest absolute Gasteiger partial charge is 0.496 e. The molecule has 208 valence electrons. The molecule has 1 fully saturated rings. The van der Waals surface area contributed by atoms with Crippen LogP contribution in [-0.2, 0) is 16.0 Å². The molecule has 1 heterocycles. The van der Waals surface area contributed by atoms with Gasteiger partial charge in [-0.1, -0.05) is 23.7 Å². The maximum atomic E-state index is 13.0. The maximum Gasteiger partial charge on any atom is 0.338 e. The van der Waals surface area contributed by atoms with Gasteiger partial charge < -0.3 is 35.7 Å². The number of hydrogen-bond donors (Lipinski definition) is 4. The van der Waals surface area contributed by atoms with Crippen molar-refractivity contribution in [3.05, 3.63) is 58.1 Å². The van der Waals surface area contributed by atoms with Crippen LogP contribution in [0.1, 0.15) is 39.1 Å². The SMILES string of the molecule is COc1cc(N)c(Cl)cc1C(=O)NC1CCN(CCNCc2ccc(C(=O)OCCCO)cc2)CC1OC. The van der Waals surface area contributed by atoms with E-state index in [2.05, 4.69) is 15.5 Å². The number of anilines is 1. The first-order chi connectivity index (χ1) is 18.4. The Morgan fingerprint density at radius 2 is 1.97 bits per heavy atom. The van der Waals surface area contributed by atoms with E-state index in [0.29, 0.717) is 47.1 Å². The average Bonchev–Trinajstić information content (AvgIpc) is 2.93. The van der Waals surface area contributed by atoms with Crippen molar-refractivity contribution in [2.45, 2.75) is 31.5 Å². The van der Waals surface area contributed by atoms with E-state index in [1.807, 2.05) is 12.1 Å². The number of aliphatic hydroxyl groups excluding tert-OH is 1. The minimum Gasteiger partial charge on any atom is -0.496 e. The Morgan fingerprint density at radius 3 is 2.66 bits per heavy atom. The van der Waals surface area contributed by atoms with Crippen molar-refractivity contribution in [3.8, 4) is 5.75 Å². The van der Waals surface area contributed by atoms with E-state index in [-0.39, 0.29) is 37.2 Å². The second-order valence-electron chi connectivity index (χ2n) is 9.10. The third-order valence-corrected chi connectivity index (χ3v) is 6.81. The van der Waals surface area contributed by atoms with Crippen LogP contribution in [0.4, 0.5) is 5.69 Å². The van der Waals surface area contributed by atoms with E-state index in [1.54, 1.807) is 25.3 Å². The Bertz CT molecular complexity index is 1070. The number of esters is 1. The number of halogens is 1.